The van der Waals surface area contributed by atoms with Crippen LogP contribution in [0.15, 0.2) is 97.1 Å². The van der Waals surface area contributed by atoms with Crippen LogP contribution >= 0.6 is 0 Å². The Balaban J connectivity index is 0.000000176. The van der Waals surface area contributed by atoms with Gasteiger partial charge in [-0.05, 0) is 153 Å². The Morgan fingerprint density at radius 3 is 1.53 bits per heavy atom. The molecule has 2 saturated heterocycles. The standard InChI is InChI=1S/C26H27F3N2O3.C24H25N3O3/c27-26(28,29)20-5-1-17(2-6-20)16-31-14-13-24(9-10-24)15-21(31)22(32)30-25(11-12-25)19-7-3-18(4-8-19)23(33)34;25-15-17-4-6-18(7-5-17)16-27-14-2-1-3-21(27)22(28)26-24(12-13-24)20-10-8-19(9-11-20)23(29)30/h1-8,21H,9-16H2,(H,30,32)(H,33,34);4-11,21H,1-3,12-14,16H2,(H,26,28)(H,29,30)/t;21-/m.1/s1. The minimum absolute atomic E-state index is 0.0446. The highest BCUT2D eigenvalue weighted by molar-refractivity contribution is 5.88. The number of nitriles is 1. The number of rotatable bonds is 12. The Bertz CT molecular complexity index is 2400. The van der Waals surface area contributed by atoms with Gasteiger partial charge in [-0.3, -0.25) is 19.4 Å². The van der Waals surface area contributed by atoms with Gasteiger partial charge in [0.15, 0.2) is 0 Å². The van der Waals surface area contributed by atoms with E-state index in [9.17, 15) is 32.3 Å². The molecule has 3 aliphatic carbocycles. The molecule has 2 heterocycles. The molecule has 11 nitrogen and oxygen atoms in total. The number of carboxylic acid groups (broad SMARTS) is 2. The zero-order valence-corrected chi connectivity index (χ0v) is 35.5. The smallest absolute Gasteiger partial charge is 0.416 e. The topological polar surface area (TPSA) is 163 Å². The van der Waals surface area contributed by atoms with Crippen molar-refractivity contribution in [1.82, 2.24) is 20.4 Å². The van der Waals surface area contributed by atoms with Gasteiger partial charge in [0.2, 0.25) is 11.8 Å². The molecule has 9 rings (SSSR count). The monoisotopic (exact) mass is 875 g/mol. The van der Waals surface area contributed by atoms with Gasteiger partial charge in [-0.2, -0.15) is 18.4 Å². The number of alkyl halides is 3. The number of nitrogens with zero attached hydrogens (tertiary/aromatic N) is 3. The lowest BCUT2D eigenvalue weighted by molar-refractivity contribution is -0.137. The van der Waals surface area contributed by atoms with Gasteiger partial charge in [0, 0.05) is 13.1 Å². The van der Waals surface area contributed by atoms with Gasteiger partial charge in [-0.1, -0.05) is 55.0 Å². The Kier molecular flexibility index (Phi) is 12.4. The van der Waals surface area contributed by atoms with Crippen molar-refractivity contribution in [3.05, 3.63) is 142 Å². The van der Waals surface area contributed by atoms with Crippen LogP contribution in [0.1, 0.15) is 125 Å². The summed E-state index contributed by atoms with van der Waals surface area (Å²) in [7, 11) is 0. The Morgan fingerprint density at radius 2 is 1.09 bits per heavy atom. The molecule has 4 N–H and O–H groups in total. The van der Waals surface area contributed by atoms with Crippen LogP contribution in [-0.2, 0) is 39.9 Å². The normalized spacial score (nSPS) is 21.6. The lowest BCUT2D eigenvalue weighted by Crippen LogP contribution is -2.53. The van der Waals surface area contributed by atoms with Crippen LogP contribution < -0.4 is 10.6 Å². The number of halogens is 3. The molecule has 5 fully saturated rings. The molecule has 334 valence electrons. The zero-order chi connectivity index (χ0) is 45.3. The summed E-state index contributed by atoms with van der Waals surface area (Å²) in [4.78, 5) is 53.3. The SMILES string of the molecule is N#Cc1ccc(CN2CCCC[C@@H]2C(=O)NC2(c3ccc(C(=O)O)cc3)CC2)cc1.O=C(O)c1ccc(C2(NC(=O)C3CC4(CCN3Cc3ccc(C(F)(F)F)cc3)CC4)CC2)cc1. The molecular weight excluding hydrogens is 824 g/mol. The number of hydrogen-bond donors (Lipinski definition) is 4. The molecule has 2 aliphatic heterocycles. The number of aromatic carboxylic acids is 2. The van der Waals surface area contributed by atoms with Crippen LogP contribution in [0.3, 0.4) is 0 Å². The van der Waals surface area contributed by atoms with Crippen LogP contribution in [0.2, 0.25) is 0 Å². The first-order valence-corrected chi connectivity index (χ1v) is 22.1. The molecule has 2 amide bonds. The summed E-state index contributed by atoms with van der Waals surface area (Å²) < 4.78 is 38.7. The Hall–Kier alpha value is -6.04. The van der Waals surface area contributed by atoms with Crippen LogP contribution in [0.25, 0.3) is 0 Å². The molecule has 0 radical (unpaired) electrons. The van der Waals surface area contributed by atoms with Gasteiger partial charge in [0.05, 0.1) is 51.5 Å². The largest absolute Gasteiger partial charge is 0.478 e. The summed E-state index contributed by atoms with van der Waals surface area (Å²) in [6, 6.07) is 27.8. The summed E-state index contributed by atoms with van der Waals surface area (Å²) in [5, 5.41) is 33.7. The van der Waals surface area contributed by atoms with E-state index in [2.05, 4.69) is 26.5 Å². The second-order valence-electron chi connectivity index (χ2n) is 18.3. The van der Waals surface area contributed by atoms with Crippen LogP contribution in [-0.4, -0.2) is 68.9 Å². The van der Waals surface area contributed by atoms with Crippen LogP contribution in [0.5, 0.6) is 0 Å². The number of likely N-dealkylation sites (tertiary alicyclic amines) is 2. The molecule has 1 spiro atoms. The zero-order valence-electron chi connectivity index (χ0n) is 35.5. The molecule has 0 bridgehead atoms. The Labute approximate surface area is 370 Å². The summed E-state index contributed by atoms with van der Waals surface area (Å²) >= 11 is 0. The van der Waals surface area contributed by atoms with Crippen molar-refractivity contribution >= 4 is 23.8 Å². The third kappa shape index (κ3) is 10.2. The highest BCUT2D eigenvalue weighted by Gasteiger charge is 2.53. The molecule has 14 heteroatoms. The van der Waals surface area contributed by atoms with Gasteiger partial charge >= 0.3 is 18.1 Å². The fraction of sp³-hybridized carbons (Fsp3) is 0.420. The molecule has 2 atom stereocenters. The quantitative estimate of drug-likeness (QED) is 0.110. The summed E-state index contributed by atoms with van der Waals surface area (Å²) in [6.07, 6.45) is 5.88. The first-order chi connectivity index (χ1) is 30.6. The number of carboxylic acids is 2. The van der Waals surface area contributed by atoms with E-state index in [4.69, 9.17) is 15.5 Å². The molecular formula is C50H52F3N5O6. The van der Waals surface area contributed by atoms with E-state index in [1.165, 1.54) is 12.1 Å². The second kappa shape index (κ2) is 17.9. The number of carbonyl (C=O) groups is 4. The van der Waals surface area contributed by atoms with Crippen molar-refractivity contribution in [1.29, 1.82) is 5.26 Å². The molecule has 5 aliphatic rings. The number of benzene rings is 4. The van der Waals surface area contributed by atoms with Crippen LogP contribution in [0.4, 0.5) is 13.2 Å². The predicted molar refractivity (Wildman–Crippen MR) is 231 cm³/mol. The van der Waals surface area contributed by atoms with Gasteiger partial charge in [0.25, 0.3) is 0 Å². The van der Waals surface area contributed by atoms with Gasteiger partial charge in [0.1, 0.15) is 0 Å². The maximum absolute atomic E-state index is 13.5. The van der Waals surface area contributed by atoms with Crippen molar-refractivity contribution in [2.45, 2.75) is 113 Å². The number of piperidine rings is 2. The average molecular weight is 876 g/mol. The Morgan fingerprint density at radius 1 is 0.625 bits per heavy atom. The predicted octanol–water partition coefficient (Wildman–Crippen LogP) is 8.37. The maximum Gasteiger partial charge on any atom is 0.416 e. The third-order valence-corrected chi connectivity index (χ3v) is 13.9. The highest BCUT2D eigenvalue weighted by Crippen LogP contribution is 2.56. The van der Waals surface area contributed by atoms with E-state index in [1.807, 2.05) is 36.4 Å². The number of amides is 2. The molecule has 64 heavy (non-hydrogen) atoms. The van der Waals surface area contributed by atoms with Gasteiger partial charge < -0.3 is 20.8 Å². The highest BCUT2D eigenvalue weighted by atomic mass is 19.4. The summed E-state index contributed by atoms with van der Waals surface area (Å²) in [6.45, 7) is 2.72. The minimum Gasteiger partial charge on any atom is -0.478 e. The average Bonchev–Trinajstić information content (AvgIpc) is 4.22. The van der Waals surface area contributed by atoms with Crippen molar-refractivity contribution in [3.8, 4) is 6.07 Å². The molecule has 0 aromatic heterocycles. The molecule has 4 aromatic rings. The fourth-order valence-electron chi connectivity index (χ4n) is 9.41. The van der Waals surface area contributed by atoms with Crippen molar-refractivity contribution < 1.29 is 42.6 Å². The van der Waals surface area contributed by atoms with Gasteiger partial charge in [-0.25, -0.2) is 9.59 Å². The van der Waals surface area contributed by atoms with Gasteiger partial charge in [-0.15, -0.1) is 0 Å². The van der Waals surface area contributed by atoms with Crippen molar-refractivity contribution in [2.24, 2.45) is 5.41 Å². The van der Waals surface area contributed by atoms with Crippen molar-refractivity contribution in [3.63, 3.8) is 0 Å². The number of carbonyl (C=O) groups excluding carboxylic acids is 2. The maximum atomic E-state index is 13.5. The van der Waals surface area contributed by atoms with E-state index in [-0.39, 0.29) is 46.0 Å². The third-order valence-electron chi connectivity index (χ3n) is 13.9. The first-order valence-electron chi connectivity index (χ1n) is 22.1. The molecule has 1 unspecified atom stereocenters. The molecule has 3 saturated carbocycles. The first kappa shape index (κ1) is 44.6. The van der Waals surface area contributed by atoms with E-state index >= 15 is 0 Å². The summed E-state index contributed by atoms with van der Waals surface area (Å²) in [5.41, 5.74) is 3.52. The fourth-order valence-corrected chi connectivity index (χ4v) is 9.41. The van der Waals surface area contributed by atoms with E-state index in [0.717, 1.165) is 118 Å². The van der Waals surface area contributed by atoms with E-state index in [0.29, 0.717) is 18.7 Å². The lowest BCUT2D eigenvalue weighted by atomic mass is 9.86. The van der Waals surface area contributed by atoms with E-state index < -0.39 is 29.2 Å². The number of hydrogen-bond acceptors (Lipinski definition) is 7. The van der Waals surface area contributed by atoms with Crippen LogP contribution in [0, 0.1) is 16.7 Å². The van der Waals surface area contributed by atoms with Crippen molar-refractivity contribution in [2.75, 3.05) is 13.1 Å². The lowest BCUT2D eigenvalue weighted by Gasteiger charge is -2.39. The number of nitrogens with one attached hydrogen (secondary N) is 2. The second-order valence-corrected chi connectivity index (χ2v) is 18.3. The van der Waals surface area contributed by atoms with E-state index in [1.54, 1.807) is 36.4 Å². The summed E-state index contributed by atoms with van der Waals surface area (Å²) in [5.74, 6) is -1.95. The minimum atomic E-state index is -4.37. The molecule has 4 aromatic carbocycles.